The number of hydrogen-bond acceptors (Lipinski definition) is 7. The molecule has 2 heterocycles. The summed E-state index contributed by atoms with van der Waals surface area (Å²) in [6.45, 7) is 0.913. The maximum atomic E-state index is 13.0. The van der Waals surface area contributed by atoms with E-state index >= 15 is 0 Å². The monoisotopic (exact) mass is 441 g/mol. The van der Waals surface area contributed by atoms with Gasteiger partial charge in [0.1, 0.15) is 6.61 Å². The Morgan fingerprint density at radius 1 is 1.20 bits per heavy atom. The number of sulfone groups is 1. The van der Waals surface area contributed by atoms with Gasteiger partial charge in [0.15, 0.2) is 9.84 Å². The SMILES string of the molecule is COC[C@@H]1COC(=O)N1c1ccc(C(=O)N2CCN(C(=O)O)CC2)c(S(C)(=O)=O)c1. The Balaban J connectivity index is 1.92. The minimum atomic E-state index is -3.80. The maximum Gasteiger partial charge on any atom is 0.414 e. The molecule has 12 heteroatoms. The van der Waals surface area contributed by atoms with Gasteiger partial charge in [0.2, 0.25) is 0 Å². The Morgan fingerprint density at radius 2 is 1.83 bits per heavy atom. The van der Waals surface area contributed by atoms with E-state index in [9.17, 15) is 22.8 Å². The number of carbonyl (C=O) groups excluding carboxylic acids is 2. The zero-order valence-electron chi connectivity index (χ0n) is 16.6. The number of ether oxygens (including phenoxy) is 2. The van der Waals surface area contributed by atoms with Gasteiger partial charge < -0.3 is 24.4 Å². The van der Waals surface area contributed by atoms with Gasteiger partial charge in [-0.1, -0.05) is 0 Å². The summed E-state index contributed by atoms with van der Waals surface area (Å²) < 4.78 is 35.0. The van der Waals surface area contributed by atoms with Crippen LogP contribution in [0, 0.1) is 0 Å². The van der Waals surface area contributed by atoms with E-state index in [4.69, 9.17) is 14.6 Å². The molecule has 0 bridgehead atoms. The van der Waals surface area contributed by atoms with Crippen LogP contribution in [0.1, 0.15) is 10.4 Å². The lowest BCUT2D eigenvalue weighted by molar-refractivity contribution is 0.0621. The fraction of sp³-hybridized carbons (Fsp3) is 0.500. The van der Waals surface area contributed by atoms with Crippen LogP contribution in [0.4, 0.5) is 15.3 Å². The fourth-order valence-corrected chi connectivity index (χ4v) is 4.40. The highest BCUT2D eigenvalue weighted by atomic mass is 32.2. The number of piperazine rings is 1. The molecular formula is C18H23N3O8S. The first-order valence-corrected chi connectivity index (χ1v) is 11.1. The summed E-state index contributed by atoms with van der Waals surface area (Å²) in [5.41, 5.74) is 0.258. The Bertz CT molecular complexity index is 956. The molecule has 1 aromatic rings. The summed E-state index contributed by atoms with van der Waals surface area (Å²) in [6, 6.07) is 3.73. The number of benzene rings is 1. The molecule has 0 radical (unpaired) electrons. The number of cyclic esters (lactones) is 1. The molecule has 2 saturated heterocycles. The highest BCUT2D eigenvalue weighted by Crippen LogP contribution is 2.29. The maximum absolute atomic E-state index is 13.0. The van der Waals surface area contributed by atoms with Crippen molar-refractivity contribution in [2.45, 2.75) is 10.9 Å². The van der Waals surface area contributed by atoms with Gasteiger partial charge in [-0.25, -0.2) is 18.0 Å². The lowest BCUT2D eigenvalue weighted by Gasteiger charge is -2.33. The predicted molar refractivity (Wildman–Crippen MR) is 105 cm³/mol. The van der Waals surface area contributed by atoms with E-state index in [1.165, 1.54) is 40.0 Å². The van der Waals surface area contributed by atoms with Crippen molar-refractivity contribution in [2.24, 2.45) is 0 Å². The molecule has 2 aliphatic heterocycles. The first-order valence-electron chi connectivity index (χ1n) is 9.19. The highest BCUT2D eigenvalue weighted by Gasteiger charge is 2.36. The molecule has 3 rings (SSSR count). The quantitative estimate of drug-likeness (QED) is 0.698. The Labute approximate surface area is 173 Å². The van der Waals surface area contributed by atoms with Crippen LogP contribution >= 0.6 is 0 Å². The van der Waals surface area contributed by atoms with Crippen molar-refractivity contribution in [1.82, 2.24) is 9.80 Å². The molecule has 0 aliphatic carbocycles. The van der Waals surface area contributed by atoms with Gasteiger partial charge in [0.05, 0.1) is 23.1 Å². The lowest BCUT2D eigenvalue weighted by Crippen LogP contribution is -2.50. The molecule has 1 aromatic carbocycles. The van der Waals surface area contributed by atoms with Crippen LogP contribution in [0.15, 0.2) is 23.1 Å². The molecule has 0 spiro atoms. The largest absolute Gasteiger partial charge is 0.465 e. The number of hydrogen-bond donors (Lipinski definition) is 1. The topological polar surface area (TPSA) is 134 Å². The number of methoxy groups -OCH3 is 1. The van der Waals surface area contributed by atoms with Gasteiger partial charge in [-0.2, -0.15) is 0 Å². The Morgan fingerprint density at radius 3 is 2.40 bits per heavy atom. The number of rotatable bonds is 5. The van der Waals surface area contributed by atoms with Gasteiger partial charge >= 0.3 is 12.2 Å². The number of carboxylic acid groups (broad SMARTS) is 1. The molecule has 164 valence electrons. The highest BCUT2D eigenvalue weighted by molar-refractivity contribution is 7.90. The van der Waals surface area contributed by atoms with Crippen molar-refractivity contribution >= 4 is 33.6 Å². The lowest BCUT2D eigenvalue weighted by atomic mass is 10.1. The predicted octanol–water partition coefficient (Wildman–Crippen LogP) is 0.498. The zero-order chi connectivity index (χ0) is 22.1. The Hall–Kier alpha value is -2.86. The van der Waals surface area contributed by atoms with E-state index in [1.807, 2.05) is 0 Å². The van der Waals surface area contributed by atoms with Gasteiger partial charge in [0, 0.05) is 45.2 Å². The van der Waals surface area contributed by atoms with Gasteiger partial charge in [-0.3, -0.25) is 9.69 Å². The summed E-state index contributed by atoms with van der Waals surface area (Å²) in [5, 5.41) is 9.04. The van der Waals surface area contributed by atoms with Gasteiger partial charge in [-0.05, 0) is 18.2 Å². The third kappa shape index (κ3) is 4.33. The molecule has 11 nitrogen and oxygen atoms in total. The van der Waals surface area contributed by atoms with Crippen LogP contribution < -0.4 is 4.90 Å². The smallest absolute Gasteiger partial charge is 0.414 e. The van der Waals surface area contributed by atoms with Gasteiger partial charge in [0.25, 0.3) is 5.91 Å². The van der Waals surface area contributed by atoms with Crippen molar-refractivity contribution in [1.29, 1.82) is 0 Å². The van der Waals surface area contributed by atoms with Crippen molar-refractivity contribution in [3.63, 3.8) is 0 Å². The normalized spacial score (nSPS) is 19.7. The number of carbonyl (C=O) groups is 3. The first-order chi connectivity index (χ1) is 14.1. The van der Waals surface area contributed by atoms with Gasteiger partial charge in [-0.15, -0.1) is 0 Å². The van der Waals surface area contributed by atoms with Crippen molar-refractivity contribution in [3.05, 3.63) is 23.8 Å². The second-order valence-corrected chi connectivity index (χ2v) is 9.05. The van der Waals surface area contributed by atoms with Crippen molar-refractivity contribution in [3.8, 4) is 0 Å². The number of anilines is 1. The van der Waals surface area contributed by atoms with Crippen LogP contribution in [0.25, 0.3) is 0 Å². The number of nitrogens with zero attached hydrogens (tertiary/aromatic N) is 3. The van der Waals surface area contributed by atoms with Crippen LogP contribution in [-0.4, -0.2) is 100 Å². The molecule has 30 heavy (non-hydrogen) atoms. The fourth-order valence-electron chi connectivity index (χ4n) is 3.51. The molecule has 0 saturated carbocycles. The summed E-state index contributed by atoms with van der Waals surface area (Å²) in [5.74, 6) is -0.510. The zero-order valence-corrected chi connectivity index (χ0v) is 17.4. The average molecular weight is 441 g/mol. The average Bonchev–Trinajstić information content (AvgIpc) is 3.07. The minimum Gasteiger partial charge on any atom is -0.465 e. The molecule has 1 atom stereocenters. The summed E-state index contributed by atoms with van der Waals surface area (Å²) in [4.78, 5) is 39.9. The van der Waals surface area contributed by atoms with E-state index in [2.05, 4.69) is 0 Å². The molecule has 0 aromatic heterocycles. The second-order valence-electron chi connectivity index (χ2n) is 7.07. The molecule has 1 N–H and O–H groups in total. The van der Waals surface area contributed by atoms with E-state index in [1.54, 1.807) is 0 Å². The molecular weight excluding hydrogens is 418 g/mol. The number of amides is 3. The third-order valence-corrected chi connectivity index (χ3v) is 6.17. The molecule has 3 amide bonds. The standard InChI is InChI=1S/C18H23N3O8S/c1-28-10-13-11-29-18(25)21(13)12-3-4-14(15(9-12)30(2,26)27)16(22)19-5-7-20(8-6-19)17(23)24/h3-4,9,13H,5-8,10-11H2,1-2H3,(H,23,24)/t13-/m1/s1. The summed E-state index contributed by atoms with van der Waals surface area (Å²) in [7, 11) is -2.32. The second kappa shape index (κ2) is 8.48. The first kappa shape index (κ1) is 21.8. The summed E-state index contributed by atoms with van der Waals surface area (Å²) in [6.07, 6.45) is -0.702. The van der Waals surface area contributed by atoms with Crippen molar-refractivity contribution in [2.75, 3.05) is 57.7 Å². The van der Waals surface area contributed by atoms with E-state index in [0.29, 0.717) is 0 Å². The van der Waals surface area contributed by atoms with Crippen LogP contribution in [0.5, 0.6) is 0 Å². The molecule has 2 fully saturated rings. The van der Waals surface area contributed by atoms with E-state index in [0.717, 1.165) is 6.26 Å². The van der Waals surface area contributed by atoms with Crippen LogP contribution in [0.2, 0.25) is 0 Å². The Kier molecular flexibility index (Phi) is 6.17. The minimum absolute atomic E-state index is 0.0270. The van der Waals surface area contributed by atoms with Crippen LogP contribution in [0.3, 0.4) is 0 Å². The van der Waals surface area contributed by atoms with Crippen LogP contribution in [-0.2, 0) is 19.3 Å². The summed E-state index contributed by atoms with van der Waals surface area (Å²) >= 11 is 0. The molecule has 2 aliphatic rings. The van der Waals surface area contributed by atoms with E-state index < -0.39 is 34.0 Å². The molecule has 0 unspecified atom stereocenters. The third-order valence-electron chi connectivity index (χ3n) is 5.03. The van der Waals surface area contributed by atoms with E-state index in [-0.39, 0.29) is 55.5 Å². The van der Waals surface area contributed by atoms with Crippen molar-refractivity contribution < 1.29 is 37.4 Å².